The van der Waals surface area contributed by atoms with Gasteiger partial charge >= 0.3 is 0 Å². The van der Waals surface area contributed by atoms with E-state index in [0.29, 0.717) is 29.0 Å². The van der Waals surface area contributed by atoms with Crippen LogP contribution in [0.15, 0.2) is 76.0 Å². The van der Waals surface area contributed by atoms with Crippen molar-refractivity contribution in [2.24, 2.45) is 5.92 Å². The third kappa shape index (κ3) is 4.41. The largest absolute Gasteiger partial charge is 0.451 e. The molecule has 4 heterocycles. The van der Waals surface area contributed by atoms with E-state index in [1.165, 1.54) is 0 Å². The number of nitrogens with zero attached hydrogens (tertiary/aromatic N) is 1. The molecule has 0 saturated carbocycles. The van der Waals surface area contributed by atoms with Gasteiger partial charge in [-0.2, -0.15) is 0 Å². The van der Waals surface area contributed by atoms with Crippen LogP contribution in [-0.2, 0) is 10.0 Å². The molecule has 2 atom stereocenters. The van der Waals surface area contributed by atoms with Gasteiger partial charge in [0, 0.05) is 23.3 Å². The van der Waals surface area contributed by atoms with E-state index < -0.39 is 10.0 Å². The van der Waals surface area contributed by atoms with Crippen LogP contribution >= 0.6 is 0 Å². The Bertz CT molecular complexity index is 1250. The summed E-state index contributed by atoms with van der Waals surface area (Å²) in [5.74, 6) is 1.05. The molecule has 3 fully saturated rings. The lowest BCUT2D eigenvalue weighted by Gasteiger charge is -2.49. The SMILES string of the molecule is C[C@@H]1[C@H](NC(=O)c2ccc(-c3cccc(NS(=O)(=O)c4ccccc4)c3)o2)C2CCN1CC2. The van der Waals surface area contributed by atoms with Crippen LogP contribution in [0.1, 0.15) is 30.3 Å². The van der Waals surface area contributed by atoms with Crippen molar-refractivity contribution in [1.29, 1.82) is 0 Å². The zero-order valence-corrected chi connectivity index (χ0v) is 19.2. The molecule has 0 spiro atoms. The van der Waals surface area contributed by atoms with Crippen molar-refractivity contribution in [3.63, 3.8) is 0 Å². The molecule has 8 heteroatoms. The van der Waals surface area contributed by atoms with Gasteiger partial charge in [-0.25, -0.2) is 8.42 Å². The first kappa shape index (κ1) is 21.7. The first-order valence-electron chi connectivity index (χ1n) is 11.2. The molecule has 1 aromatic heterocycles. The van der Waals surface area contributed by atoms with Gasteiger partial charge in [0.1, 0.15) is 5.76 Å². The second-order valence-corrected chi connectivity index (χ2v) is 10.5. The van der Waals surface area contributed by atoms with E-state index in [-0.39, 0.29) is 22.6 Å². The molecular weight excluding hydrogens is 438 g/mol. The smallest absolute Gasteiger partial charge is 0.287 e. The third-order valence-electron chi connectivity index (χ3n) is 6.76. The number of anilines is 1. The molecule has 172 valence electrons. The first-order chi connectivity index (χ1) is 15.9. The van der Waals surface area contributed by atoms with E-state index in [2.05, 4.69) is 21.9 Å². The van der Waals surface area contributed by atoms with E-state index in [0.717, 1.165) is 25.9 Å². The number of benzene rings is 2. The van der Waals surface area contributed by atoms with Crippen molar-refractivity contribution >= 4 is 21.6 Å². The number of nitrogens with one attached hydrogen (secondary N) is 2. The molecule has 0 radical (unpaired) electrons. The number of fused-ring (bicyclic) bond motifs is 3. The van der Waals surface area contributed by atoms with Crippen LogP contribution < -0.4 is 10.0 Å². The predicted molar refractivity (Wildman–Crippen MR) is 126 cm³/mol. The summed E-state index contributed by atoms with van der Waals surface area (Å²) in [6, 6.07) is 19.0. The molecule has 2 aromatic carbocycles. The van der Waals surface area contributed by atoms with Gasteiger partial charge in [0.05, 0.1) is 4.90 Å². The molecule has 33 heavy (non-hydrogen) atoms. The van der Waals surface area contributed by atoms with E-state index in [1.807, 2.05) is 6.07 Å². The minimum atomic E-state index is -3.70. The van der Waals surface area contributed by atoms with Crippen LogP contribution in [0.25, 0.3) is 11.3 Å². The normalized spacial score (nSPS) is 24.4. The highest BCUT2D eigenvalue weighted by Gasteiger charge is 2.40. The number of hydrogen-bond acceptors (Lipinski definition) is 5. The Morgan fingerprint density at radius 3 is 2.48 bits per heavy atom. The average molecular weight is 466 g/mol. The first-order valence-corrected chi connectivity index (χ1v) is 12.7. The van der Waals surface area contributed by atoms with Gasteiger partial charge in [0.15, 0.2) is 5.76 Å². The highest BCUT2D eigenvalue weighted by molar-refractivity contribution is 7.92. The molecular formula is C25H27N3O4S. The molecule has 0 unspecified atom stereocenters. The number of carbonyl (C=O) groups excluding carboxylic acids is 1. The molecule has 0 aliphatic carbocycles. The van der Waals surface area contributed by atoms with E-state index in [9.17, 15) is 13.2 Å². The van der Waals surface area contributed by atoms with Crippen LogP contribution in [0.3, 0.4) is 0 Å². The second-order valence-electron chi connectivity index (χ2n) is 8.78. The van der Waals surface area contributed by atoms with Gasteiger partial charge in [-0.1, -0.05) is 30.3 Å². The molecule has 7 nitrogen and oxygen atoms in total. The van der Waals surface area contributed by atoms with Crippen molar-refractivity contribution in [3.8, 4) is 11.3 Å². The van der Waals surface area contributed by atoms with E-state index >= 15 is 0 Å². The fourth-order valence-electron chi connectivity index (χ4n) is 4.93. The van der Waals surface area contributed by atoms with E-state index in [4.69, 9.17) is 4.42 Å². The lowest BCUT2D eigenvalue weighted by Crippen LogP contribution is -2.62. The number of carbonyl (C=O) groups is 1. The molecule has 2 bridgehead atoms. The Hall–Kier alpha value is -3.10. The lowest BCUT2D eigenvalue weighted by atomic mass is 9.79. The highest BCUT2D eigenvalue weighted by Crippen LogP contribution is 2.32. The van der Waals surface area contributed by atoms with Gasteiger partial charge in [-0.3, -0.25) is 14.4 Å². The van der Waals surface area contributed by atoms with Crippen molar-refractivity contribution in [2.45, 2.75) is 36.7 Å². The molecule has 3 aliphatic rings. The number of furan rings is 1. The number of piperidine rings is 3. The van der Waals surface area contributed by atoms with Crippen LogP contribution in [0.5, 0.6) is 0 Å². The Labute approximate surface area is 193 Å². The summed E-state index contributed by atoms with van der Waals surface area (Å²) < 4.78 is 33.7. The van der Waals surface area contributed by atoms with Crippen molar-refractivity contribution in [2.75, 3.05) is 17.8 Å². The molecule has 2 N–H and O–H groups in total. The van der Waals surface area contributed by atoms with Gasteiger partial charge in [0.2, 0.25) is 0 Å². The Morgan fingerprint density at radius 1 is 1.00 bits per heavy atom. The Balaban J connectivity index is 1.30. The quantitative estimate of drug-likeness (QED) is 0.575. The van der Waals surface area contributed by atoms with Crippen molar-refractivity contribution < 1.29 is 17.6 Å². The van der Waals surface area contributed by atoms with E-state index in [1.54, 1.807) is 60.7 Å². The van der Waals surface area contributed by atoms with Gasteiger partial charge in [-0.15, -0.1) is 0 Å². The van der Waals surface area contributed by atoms with Crippen LogP contribution in [-0.4, -0.2) is 44.4 Å². The van der Waals surface area contributed by atoms with Crippen molar-refractivity contribution in [1.82, 2.24) is 10.2 Å². The summed E-state index contributed by atoms with van der Waals surface area (Å²) in [4.78, 5) is 15.5. The monoisotopic (exact) mass is 465 g/mol. The lowest BCUT2D eigenvalue weighted by molar-refractivity contribution is 0.0211. The minimum Gasteiger partial charge on any atom is -0.451 e. The summed E-state index contributed by atoms with van der Waals surface area (Å²) in [6.45, 7) is 4.38. The molecule has 3 saturated heterocycles. The molecule has 6 rings (SSSR count). The Kier molecular flexibility index (Phi) is 5.72. The van der Waals surface area contributed by atoms with Crippen LogP contribution in [0, 0.1) is 5.92 Å². The fourth-order valence-corrected chi connectivity index (χ4v) is 6.00. The zero-order valence-electron chi connectivity index (χ0n) is 18.4. The third-order valence-corrected chi connectivity index (χ3v) is 8.16. The minimum absolute atomic E-state index is 0.129. The summed E-state index contributed by atoms with van der Waals surface area (Å²) in [5, 5.41) is 3.18. The molecule has 3 aromatic rings. The summed E-state index contributed by atoms with van der Waals surface area (Å²) in [7, 11) is -3.70. The predicted octanol–water partition coefficient (Wildman–Crippen LogP) is 3.96. The summed E-state index contributed by atoms with van der Waals surface area (Å²) in [6.07, 6.45) is 2.23. The van der Waals surface area contributed by atoms with Gasteiger partial charge in [-0.05, 0) is 75.2 Å². The topological polar surface area (TPSA) is 91.7 Å². The Morgan fingerprint density at radius 2 is 1.76 bits per heavy atom. The van der Waals surface area contributed by atoms with Crippen molar-refractivity contribution in [3.05, 3.63) is 72.5 Å². The summed E-state index contributed by atoms with van der Waals surface area (Å²) >= 11 is 0. The van der Waals surface area contributed by atoms with Gasteiger partial charge in [0.25, 0.3) is 15.9 Å². The average Bonchev–Trinajstić information content (AvgIpc) is 3.33. The zero-order chi connectivity index (χ0) is 23.0. The van der Waals surface area contributed by atoms with Gasteiger partial charge < -0.3 is 9.73 Å². The number of rotatable bonds is 6. The maximum atomic E-state index is 12.9. The maximum absolute atomic E-state index is 12.9. The maximum Gasteiger partial charge on any atom is 0.287 e. The van der Waals surface area contributed by atoms with Crippen LogP contribution in [0.4, 0.5) is 5.69 Å². The second kappa shape index (κ2) is 8.68. The molecule has 1 amide bonds. The fraction of sp³-hybridized carbons (Fsp3) is 0.320. The highest BCUT2D eigenvalue weighted by atomic mass is 32.2. The number of hydrogen-bond donors (Lipinski definition) is 2. The summed E-state index contributed by atoms with van der Waals surface area (Å²) in [5.41, 5.74) is 1.10. The molecule has 3 aliphatic heterocycles. The number of sulfonamides is 1. The number of amides is 1. The standard InChI is InChI=1S/C25H27N3O4S/c1-17-24(18-12-14-28(17)15-13-18)26-25(29)23-11-10-22(32-23)19-6-5-7-20(16-19)27-33(30,31)21-8-3-2-4-9-21/h2-11,16-18,24,27H,12-15H2,1H3,(H,26,29)/t17-,24+/m1/s1. The van der Waals surface area contributed by atoms with Crippen LogP contribution in [0.2, 0.25) is 0 Å².